The van der Waals surface area contributed by atoms with Crippen LogP contribution in [0.2, 0.25) is 0 Å². The van der Waals surface area contributed by atoms with Gasteiger partial charge in [-0.05, 0) is 12.0 Å². The van der Waals surface area contributed by atoms with Gasteiger partial charge in [0.25, 0.3) is 0 Å². The molecule has 0 saturated carbocycles. The molecule has 1 aromatic carbocycles. The molecule has 94 valence electrons. The Labute approximate surface area is 115 Å². The van der Waals surface area contributed by atoms with Crippen LogP contribution >= 0.6 is 15.9 Å². The number of ether oxygens (including phenoxy) is 1. The van der Waals surface area contributed by atoms with Gasteiger partial charge >= 0.3 is 5.97 Å². The van der Waals surface area contributed by atoms with E-state index < -0.39 is 5.97 Å². The zero-order chi connectivity index (χ0) is 13.5. The van der Waals surface area contributed by atoms with Crippen LogP contribution in [-0.2, 0) is 9.53 Å². The minimum Gasteiger partial charge on any atom is -0.462 e. The first-order valence-electron chi connectivity index (χ1n) is 5.58. The third-order valence-corrected chi connectivity index (χ3v) is 2.80. The number of benzene rings is 1. The Kier molecular flexibility index (Phi) is 5.60. The smallest absolute Gasteiger partial charge is 0.332 e. The van der Waals surface area contributed by atoms with Crippen molar-refractivity contribution >= 4 is 27.5 Å². The predicted molar refractivity (Wildman–Crippen MR) is 73.5 cm³/mol. The molecule has 3 nitrogen and oxygen atoms in total. The summed E-state index contributed by atoms with van der Waals surface area (Å²) in [5.41, 5.74) is 0.970. The Morgan fingerprint density at radius 3 is 2.72 bits per heavy atom. The molecule has 0 amide bonds. The Hall–Kier alpha value is -1.60. The second-order valence-electron chi connectivity index (χ2n) is 4.17. The van der Waals surface area contributed by atoms with Gasteiger partial charge in [0.05, 0.1) is 12.2 Å². The van der Waals surface area contributed by atoms with E-state index in [1.807, 2.05) is 38.1 Å². The van der Waals surface area contributed by atoms with Crippen molar-refractivity contribution in [2.24, 2.45) is 5.92 Å². The van der Waals surface area contributed by atoms with Crippen LogP contribution in [0.3, 0.4) is 0 Å². The number of allylic oxidation sites excluding steroid dienone is 1. The highest BCUT2D eigenvalue weighted by atomic mass is 79.9. The molecule has 1 aromatic rings. The zero-order valence-electron chi connectivity index (χ0n) is 10.3. The third kappa shape index (κ3) is 4.34. The van der Waals surface area contributed by atoms with Crippen LogP contribution in [0.5, 0.6) is 0 Å². The van der Waals surface area contributed by atoms with Crippen molar-refractivity contribution in [3.63, 3.8) is 0 Å². The first-order chi connectivity index (χ1) is 8.54. The number of nitriles is 1. The lowest BCUT2D eigenvalue weighted by molar-refractivity contribution is -0.138. The number of carbonyl (C=O) groups excluding carboxylic acids is 1. The van der Waals surface area contributed by atoms with E-state index in [1.165, 1.54) is 6.08 Å². The summed E-state index contributed by atoms with van der Waals surface area (Å²) in [4.78, 5) is 11.5. The van der Waals surface area contributed by atoms with Crippen molar-refractivity contribution < 1.29 is 9.53 Å². The van der Waals surface area contributed by atoms with Gasteiger partial charge in [-0.25, -0.2) is 4.79 Å². The summed E-state index contributed by atoms with van der Waals surface area (Å²) in [6.07, 6.45) is 1.22. The van der Waals surface area contributed by atoms with E-state index in [0.29, 0.717) is 12.2 Å². The number of nitrogens with zero attached hydrogens (tertiary/aromatic N) is 1. The third-order valence-electron chi connectivity index (χ3n) is 2.11. The van der Waals surface area contributed by atoms with Crippen molar-refractivity contribution in [2.45, 2.75) is 13.8 Å². The van der Waals surface area contributed by atoms with E-state index in [2.05, 4.69) is 15.9 Å². The topological polar surface area (TPSA) is 50.1 Å². The van der Waals surface area contributed by atoms with Crippen LogP contribution < -0.4 is 0 Å². The molecular formula is C14H14BrNO2. The lowest BCUT2D eigenvalue weighted by Gasteiger charge is -2.05. The maximum absolute atomic E-state index is 11.5. The van der Waals surface area contributed by atoms with Gasteiger partial charge in [0, 0.05) is 16.1 Å². The molecule has 4 heteroatoms. The van der Waals surface area contributed by atoms with Gasteiger partial charge in [-0.3, -0.25) is 0 Å². The number of hydrogen-bond donors (Lipinski definition) is 0. The minimum absolute atomic E-state index is 0.274. The van der Waals surface area contributed by atoms with E-state index in [9.17, 15) is 4.79 Å². The summed E-state index contributed by atoms with van der Waals surface area (Å²) in [7, 11) is 0. The van der Waals surface area contributed by atoms with Gasteiger partial charge in [-0.2, -0.15) is 5.26 Å². The molecule has 18 heavy (non-hydrogen) atoms. The zero-order valence-corrected chi connectivity index (χ0v) is 11.9. The second-order valence-corrected chi connectivity index (χ2v) is 5.03. The molecule has 0 spiro atoms. The first kappa shape index (κ1) is 14.5. The molecule has 0 fully saturated rings. The Morgan fingerprint density at radius 1 is 1.50 bits per heavy atom. The van der Waals surface area contributed by atoms with E-state index in [0.717, 1.165) is 4.47 Å². The van der Waals surface area contributed by atoms with Crippen molar-refractivity contribution in [1.29, 1.82) is 5.26 Å². The number of halogens is 1. The number of esters is 1. The van der Waals surface area contributed by atoms with Gasteiger partial charge in [0.15, 0.2) is 0 Å². The highest BCUT2D eigenvalue weighted by Crippen LogP contribution is 2.23. The average Bonchev–Trinajstić information content (AvgIpc) is 2.34. The molecule has 0 bridgehead atoms. The molecule has 0 radical (unpaired) electrons. The fourth-order valence-corrected chi connectivity index (χ4v) is 1.76. The van der Waals surface area contributed by atoms with Crippen molar-refractivity contribution in [3.05, 3.63) is 40.4 Å². The molecule has 1 rings (SSSR count). The van der Waals surface area contributed by atoms with E-state index >= 15 is 0 Å². The molecule has 0 unspecified atom stereocenters. The number of hydrogen-bond acceptors (Lipinski definition) is 3. The fraction of sp³-hybridized carbons (Fsp3) is 0.286. The Balaban J connectivity index is 2.88. The molecule has 0 aliphatic heterocycles. The number of carbonyl (C=O) groups is 1. The largest absolute Gasteiger partial charge is 0.462 e. The van der Waals surface area contributed by atoms with Crippen LogP contribution in [0.4, 0.5) is 0 Å². The fourth-order valence-electron chi connectivity index (χ4n) is 1.26. The van der Waals surface area contributed by atoms with E-state index in [-0.39, 0.29) is 11.5 Å². The lowest BCUT2D eigenvalue weighted by atomic mass is 10.1. The highest BCUT2D eigenvalue weighted by molar-refractivity contribution is 9.10. The monoisotopic (exact) mass is 307 g/mol. The van der Waals surface area contributed by atoms with Crippen LogP contribution in [0.1, 0.15) is 19.4 Å². The SMILES string of the molecule is CC(C)COC(=O)C=C(C#N)c1ccccc1Br. The molecular weight excluding hydrogens is 294 g/mol. The van der Waals surface area contributed by atoms with Gasteiger partial charge in [0.2, 0.25) is 0 Å². The van der Waals surface area contributed by atoms with Gasteiger partial charge in [0.1, 0.15) is 6.07 Å². The van der Waals surface area contributed by atoms with Crippen LogP contribution in [0, 0.1) is 17.2 Å². The maximum atomic E-state index is 11.5. The summed E-state index contributed by atoms with van der Waals surface area (Å²) >= 11 is 3.35. The molecule has 0 saturated heterocycles. The first-order valence-corrected chi connectivity index (χ1v) is 6.37. The maximum Gasteiger partial charge on any atom is 0.332 e. The van der Waals surface area contributed by atoms with Crippen molar-refractivity contribution in [2.75, 3.05) is 6.61 Å². The summed E-state index contributed by atoms with van der Waals surface area (Å²) in [6.45, 7) is 4.26. The highest BCUT2D eigenvalue weighted by Gasteiger charge is 2.08. The lowest BCUT2D eigenvalue weighted by Crippen LogP contribution is -2.07. The van der Waals surface area contributed by atoms with Gasteiger partial charge in [-0.15, -0.1) is 0 Å². The summed E-state index contributed by atoms with van der Waals surface area (Å²) < 4.78 is 5.79. The Bertz CT molecular complexity index is 501. The average molecular weight is 308 g/mol. The minimum atomic E-state index is -0.490. The summed E-state index contributed by atoms with van der Waals surface area (Å²) in [6, 6.07) is 9.26. The van der Waals surface area contributed by atoms with Crippen molar-refractivity contribution in [3.8, 4) is 6.07 Å². The molecule has 0 aliphatic rings. The van der Waals surface area contributed by atoms with Crippen molar-refractivity contribution in [1.82, 2.24) is 0 Å². The summed E-state index contributed by atoms with van der Waals surface area (Å²) in [5, 5.41) is 9.08. The van der Waals surface area contributed by atoms with E-state index in [4.69, 9.17) is 10.00 Å². The van der Waals surface area contributed by atoms with Gasteiger partial charge in [-0.1, -0.05) is 48.0 Å². The molecule has 0 aromatic heterocycles. The Morgan fingerprint density at radius 2 is 2.17 bits per heavy atom. The van der Waals surface area contributed by atoms with Crippen LogP contribution in [-0.4, -0.2) is 12.6 Å². The molecule has 0 N–H and O–H groups in total. The van der Waals surface area contributed by atoms with Crippen LogP contribution in [0.25, 0.3) is 5.57 Å². The summed E-state index contributed by atoms with van der Waals surface area (Å²) in [5.74, 6) is -0.215. The van der Waals surface area contributed by atoms with Gasteiger partial charge < -0.3 is 4.74 Å². The normalized spacial score (nSPS) is 11.2. The molecule has 0 aliphatic carbocycles. The quantitative estimate of drug-likeness (QED) is 0.485. The van der Waals surface area contributed by atoms with Crippen LogP contribution in [0.15, 0.2) is 34.8 Å². The van der Waals surface area contributed by atoms with E-state index in [1.54, 1.807) is 6.07 Å². The molecule has 0 atom stereocenters. The predicted octanol–water partition coefficient (Wildman–Crippen LogP) is 3.56. The number of rotatable bonds is 4. The standard InChI is InChI=1S/C14H14BrNO2/c1-10(2)9-18-14(17)7-11(8-16)12-5-3-4-6-13(12)15/h3-7,10H,9H2,1-2H3. The second kappa shape index (κ2) is 6.97. The molecule has 0 heterocycles.